The van der Waals surface area contributed by atoms with Crippen LogP contribution in [0, 0.1) is 21.4 Å². The zero-order chi connectivity index (χ0) is 19.8. The number of hydrogen-bond donors (Lipinski definition) is 0. The molecule has 0 radical (unpaired) electrons. The summed E-state index contributed by atoms with van der Waals surface area (Å²) in [5, 5.41) is 20.3. The van der Waals surface area contributed by atoms with Crippen molar-refractivity contribution in [1.29, 1.82) is 5.26 Å². The van der Waals surface area contributed by atoms with Crippen LogP contribution in [0.5, 0.6) is 5.75 Å². The van der Waals surface area contributed by atoms with E-state index in [1.165, 1.54) is 24.3 Å². The van der Waals surface area contributed by atoms with Gasteiger partial charge in [-0.1, -0.05) is 15.9 Å². The number of allylic oxidation sites excluding steroid dienone is 1. The Hall–Kier alpha value is -3.18. The lowest BCUT2D eigenvalue weighted by Gasteiger charge is -2.10. The summed E-state index contributed by atoms with van der Waals surface area (Å²) in [6.07, 6.45) is 1.59. The maximum absolute atomic E-state index is 11.5. The van der Waals surface area contributed by atoms with E-state index in [0.29, 0.717) is 22.4 Å². The molecule has 138 valence electrons. The lowest BCUT2D eigenvalue weighted by Crippen LogP contribution is -2.14. The predicted octanol–water partition coefficient (Wildman–Crippen LogP) is 4.36. The molecule has 0 heterocycles. The molecule has 7 nitrogen and oxygen atoms in total. The summed E-state index contributed by atoms with van der Waals surface area (Å²) >= 11 is 3.36. The molecule has 2 aromatic carbocycles. The average molecular weight is 431 g/mol. The number of carbonyl (C=O) groups is 1. The van der Waals surface area contributed by atoms with Crippen molar-refractivity contribution in [2.24, 2.45) is 0 Å². The normalized spacial score (nSPS) is 10.8. The molecule has 0 aliphatic carbocycles. The van der Waals surface area contributed by atoms with Crippen LogP contribution in [0.1, 0.15) is 18.1 Å². The first kappa shape index (κ1) is 20.1. The van der Waals surface area contributed by atoms with E-state index in [4.69, 9.17) is 9.47 Å². The van der Waals surface area contributed by atoms with Crippen molar-refractivity contribution in [2.75, 3.05) is 13.2 Å². The van der Waals surface area contributed by atoms with Crippen LogP contribution in [-0.2, 0) is 9.53 Å². The Morgan fingerprint density at radius 2 is 2.00 bits per heavy atom. The number of rotatable bonds is 7. The maximum atomic E-state index is 11.5. The molecule has 0 unspecified atom stereocenters. The van der Waals surface area contributed by atoms with Crippen LogP contribution >= 0.6 is 15.9 Å². The molecule has 2 rings (SSSR count). The Balaban J connectivity index is 2.34. The lowest BCUT2D eigenvalue weighted by molar-refractivity contribution is -0.384. The number of esters is 1. The molecule has 0 saturated carbocycles. The van der Waals surface area contributed by atoms with Gasteiger partial charge in [-0.3, -0.25) is 10.1 Å². The number of hydrogen-bond acceptors (Lipinski definition) is 6. The zero-order valence-corrected chi connectivity index (χ0v) is 15.9. The Morgan fingerprint density at radius 3 is 2.59 bits per heavy atom. The van der Waals surface area contributed by atoms with E-state index >= 15 is 0 Å². The maximum Gasteiger partial charge on any atom is 0.344 e. The second kappa shape index (κ2) is 9.50. The number of non-ortho nitro benzene ring substituents is 1. The monoisotopic (exact) mass is 430 g/mol. The number of carbonyl (C=O) groups excluding carboxylic acids is 1. The van der Waals surface area contributed by atoms with Crippen molar-refractivity contribution in [3.05, 3.63) is 68.2 Å². The standard InChI is InChI=1S/C19H15BrN2O5/c1-2-26-19(23)12-27-18-8-5-16(20)10-14(18)9-15(11-21)13-3-6-17(7-4-13)22(24)25/h3-10H,2,12H2,1H3/b15-9-. The fraction of sp³-hybridized carbons (Fsp3) is 0.158. The highest BCUT2D eigenvalue weighted by Crippen LogP contribution is 2.28. The molecule has 8 heteroatoms. The summed E-state index contributed by atoms with van der Waals surface area (Å²) in [6, 6.07) is 12.9. The van der Waals surface area contributed by atoms with Crippen molar-refractivity contribution in [3.8, 4) is 11.8 Å². The number of benzene rings is 2. The lowest BCUT2D eigenvalue weighted by atomic mass is 10.0. The molecule has 27 heavy (non-hydrogen) atoms. The first-order valence-corrected chi connectivity index (χ1v) is 8.68. The molecular formula is C19H15BrN2O5. The van der Waals surface area contributed by atoms with E-state index in [1.54, 1.807) is 31.2 Å². The largest absolute Gasteiger partial charge is 0.481 e. The van der Waals surface area contributed by atoms with Crippen LogP contribution < -0.4 is 4.74 Å². The second-order valence-corrected chi connectivity index (χ2v) is 6.17. The van der Waals surface area contributed by atoms with Crippen LogP contribution in [0.25, 0.3) is 11.6 Å². The number of ether oxygens (including phenoxy) is 2. The van der Waals surface area contributed by atoms with Crippen molar-refractivity contribution >= 4 is 39.2 Å². The van der Waals surface area contributed by atoms with E-state index < -0.39 is 10.9 Å². The molecule has 0 spiro atoms. The van der Waals surface area contributed by atoms with E-state index in [1.807, 2.05) is 0 Å². The van der Waals surface area contributed by atoms with Crippen LogP contribution in [0.2, 0.25) is 0 Å². The summed E-state index contributed by atoms with van der Waals surface area (Å²) in [5.41, 5.74) is 1.34. The van der Waals surface area contributed by atoms with Crippen LogP contribution in [0.4, 0.5) is 5.69 Å². The average Bonchev–Trinajstić information content (AvgIpc) is 2.65. The van der Waals surface area contributed by atoms with Crippen LogP contribution in [0.3, 0.4) is 0 Å². The third kappa shape index (κ3) is 5.66. The number of halogens is 1. The smallest absolute Gasteiger partial charge is 0.344 e. The van der Waals surface area contributed by atoms with Gasteiger partial charge in [0.05, 0.1) is 23.2 Å². The minimum atomic E-state index is -0.505. The van der Waals surface area contributed by atoms with E-state index in [9.17, 15) is 20.2 Å². The molecule has 0 aliphatic rings. The van der Waals surface area contributed by atoms with Gasteiger partial charge in [0, 0.05) is 22.2 Å². The van der Waals surface area contributed by atoms with Gasteiger partial charge >= 0.3 is 5.97 Å². The highest BCUT2D eigenvalue weighted by atomic mass is 79.9. The molecule has 0 saturated heterocycles. The fourth-order valence-electron chi connectivity index (χ4n) is 2.20. The quantitative estimate of drug-likeness (QED) is 0.212. The predicted molar refractivity (Wildman–Crippen MR) is 103 cm³/mol. The second-order valence-electron chi connectivity index (χ2n) is 5.25. The van der Waals surface area contributed by atoms with Gasteiger partial charge in [-0.2, -0.15) is 5.26 Å². The zero-order valence-electron chi connectivity index (χ0n) is 14.3. The Kier molecular flexibility index (Phi) is 7.08. The molecule has 0 bridgehead atoms. The number of nitro groups is 1. The number of nitrogens with zero attached hydrogens (tertiary/aromatic N) is 2. The summed E-state index contributed by atoms with van der Waals surface area (Å²) in [7, 11) is 0. The molecule has 0 atom stereocenters. The number of nitriles is 1. The fourth-order valence-corrected chi connectivity index (χ4v) is 2.58. The molecule has 0 N–H and O–H groups in total. The Bertz CT molecular complexity index is 917. The molecular weight excluding hydrogens is 416 g/mol. The van der Waals surface area contributed by atoms with Gasteiger partial charge in [-0.15, -0.1) is 0 Å². The minimum Gasteiger partial charge on any atom is -0.481 e. The van der Waals surface area contributed by atoms with Crippen LogP contribution in [0.15, 0.2) is 46.9 Å². The van der Waals surface area contributed by atoms with E-state index in [0.717, 1.165) is 4.47 Å². The van der Waals surface area contributed by atoms with E-state index in [-0.39, 0.29) is 18.9 Å². The molecule has 2 aromatic rings. The van der Waals surface area contributed by atoms with Gasteiger partial charge in [0.1, 0.15) is 5.75 Å². The Morgan fingerprint density at radius 1 is 1.30 bits per heavy atom. The van der Waals surface area contributed by atoms with Gasteiger partial charge in [0.2, 0.25) is 0 Å². The summed E-state index contributed by atoms with van der Waals surface area (Å²) in [5.74, 6) is -0.0906. The van der Waals surface area contributed by atoms with Crippen molar-refractivity contribution in [1.82, 2.24) is 0 Å². The Labute approximate surface area is 164 Å². The van der Waals surface area contributed by atoms with Crippen molar-refractivity contribution in [2.45, 2.75) is 6.92 Å². The SMILES string of the molecule is CCOC(=O)COc1ccc(Br)cc1/C=C(/C#N)c1ccc([N+](=O)[O-])cc1. The number of nitro benzene ring substituents is 1. The molecule has 0 aromatic heterocycles. The topological polar surface area (TPSA) is 102 Å². The van der Waals surface area contributed by atoms with Crippen molar-refractivity contribution < 1.29 is 19.2 Å². The molecule has 0 fully saturated rings. The summed E-state index contributed by atoms with van der Waals surface area (Å²) in [4.78, 5) is 21.8. The van der Waals surface area contributed by atoms with Crippen molar-refractivity contribution in [3.63, 3.8) is 0 Å². The van der Waals surface area contributed by atoms with Gasteiger partial charge in [0.15, 0.2) is 6.61 Å². The minimum absolute atomic E-state index is 0.0584. The molecule has 0 amide bonds. The third-order valence-electron chi connectivity index (χ3n) is 3.43. The first-order valence-electron chi connectivity index (χ1n) is 7.89. The molecule has 0 aliphatic heterocycles. The van der Waals surface area contributed by atoms with Gasteiger partial charge in [-0.25, -0.2) is 4.79 Å². The van der Waals surface area contributed by atoms with Crippen LogP contribution in [-0.4, -0.2) is 24.1 Å². The highest BCUT2D eigenvalue weighted by Gasteiger charge is 2.11. The highest BCUT2D eigenvalue weighted by molar-refractivity contribution is 9.10. The van der Waals surface area contributed by atoms with Gasteiger partial charge in [0.25, 0.3) is 5.69 Å². The van der Waals surface area contributed by atoms with E-state index in [2.05, 4.69) is 22.0 Å². The third-order valence-corrected chi connectivity index (χ3v) is 3.93. The first-order chi connectivity index (χ1) is 12.9. The summed E-state index contributed by atoms with van der Waals surface area (Å²) in [6.45, 7) is 1.71. The van der Waals surface area contributed by atoms with Gasteiger partial charge in [-0.05, 0) is 48.9 Å². The van der Waals surface area contributed by atoms with Gasteiger partial charge < -0.3 is 9.47 Å². The summed E-state index contributed by atoms with van der Waals surface area (Å²) < 4.78 is 11.1.